The zero-order valence-corrected chi connectivity index (χ0v) is 12.0. The Bertz CT molecular complexity index is 337. The van der Waals surface area contributed by atoms with Gasteiger partial charge in [-0.2, -0.15) is 0 Å². The average Bonchev–Trinajstić information content (AvgIpc) is 2.30. The van der Waals surface area contributed by atoms with Crippen LogP contribution in [0.5, 0.6) is 0 Å². The van der Waals surface area contributed by atoms with E-state index in [1.165, 1.54) is 31.2 Å². The van der Waals surface area contributed by atoms with Crippen LogP contribution in [0, 0.1) is 19.7 Å². The summed E-state index contributed by atoms with van der Waals surface area (Å²) in [6, 6.07) is 3.29. The SMILES string of the molecule is CCCNCCCCCc1c(C)cc(F)cc1C. The van der Waals surface area contributed by atoms with Crippen molar-refractivity contribution in [1.82, 2.24) is 5.32 Å². The molecule has 0 aliphatic heterocycles. The molecule has 102 valence electrons. The molecule has 2 heteroatoms. The number of unbranched alkanes of at least 4 members (excludes halogenated alkanes) is 2. The highest BCUT2D eigenvalue weighted by atomic mass is 19.1. The number of halogens is 1. The number of benzene rings is 1. The topological polar surface area (TPSA) is 12.0 Å². The van der Waals surface area contributed by atoms with Gasteiger partial charge in [-0.25, -0.2) is 4.39 Å². The Hall–Kier alpha value is -0.890. The third kappa shape index (κ3) is 5.18. The number of nitrogens with one attached hydrogen (secondary N) is 1. The zero-order chi connectivity index (χ0) is 13.4. The van der Waals surface area contributed by atoms with Crippen LogP contribution in [0.25, 0.3) is 0 Å². The standard InChI is InChI=1S/C16H26FN/c1-4-9-18-10-7-5-6-8-16-13(2)11-15(17)12-14(16)3/h11-12,18H,4-10H2,1-3H3. The Kier molecular flexibility index (Phi) is 6.96. The Balaban J connectivity index is 2.27. The van der Waals surface area contributed by atoms with Crippen molar-refractivity contribution in [2.75, 3.05) is 13.1 Å². The summed E-state index contributed by atoms with van der Waals surface area (Å²) in [6.07, 6.45) is 5.95. The van der Waals surface area contributed by atoms with Crippen molar-refractivity contribution in [2.24, 2.45) is 0 Å². The van der Waals surface area contributed by atoms with E-state index >= 15 is 0 Å². The molecule has 18 heavy (non-hydrogen) atoms. The Morgan fingerprint density at radius 1 is 1.00 bits per heavy atom. The Labute approximate surface area is 111 Å². The summed E-state index contributed by atoms with van der Waals surface area (Å²) in [7, 11) is 0. The number of hydrogen-bond donors (Lipinski definition) is 1. The van der Waals surface area contributed by atoms with Crippen LogP contribution in [-0.4, -0.2) is 13.1 Å². The van der Waals surface area contributed by atoms with E-state index in [4.69, 9.17) is 0 Å². The molecule has 0 bridgehead atoms. The van der Waals surface area contributed by atoms with Gasteiger partial charge in [0.05, 0.1) is 0 Å². The van der Waals surface area contributed by atoms with E-state index in [9.17, 15) is 4.39 Å². The summed E-state index contributed by atoms with van der Waals surface area (Å²) in [5.74, 6) is -0.113. The van der Waals surface area contributed by atoms with E-state index in [1.54, 1.807) is 12.1 Å². The average molecular weight is 251 g/mol. The molecule has 0 saturated heterocycles. The Morgan fingerprint density at radius 2 is 1.67 bits per heavy atom. The molecule has 1 N–H and O–H groups in total. The molecule has 0 aliphatic rings. The van der Waals surface area contributed by atoms with Gasteiger partial charge in [-0.15, -0.1) is 0 Å². The third-order valence-corrected chi connectivity index (χ3v) is 3.37. The molecule has 0 fully saturated rings. The van der Waals surface area contributed by atoms with E-state index in [2.05, 4.69) is 12.2 Å². The van der Waals surface area contributed by atoms with E-state index in [1.807, 2.05) is 13.8 Å². The van der Waals surface area contributed by atoms with Crippen LogP contribution in [0.4, 0.5) is 4.39 Å². The fourth-order valence-corrected chi connectivity index (χ4v) is 2.37. The van der Waals surface area contributed by atoms with Gasteiger partial charge in [-0.3, -0.25) is 0 Å². The smallest absolute Gasteiger partial charge is 0.123 e. The lowest BCUT2D eigenvalue weighted by Crippen LogP contribution is -2.15. The van der Waals surface area contributed by atoms with Gasteiger partial charge in [0.15, 0.2) is 0 Å². The van der Waals surface area contributed by atoms with Crippen molar-refractivity contribution in [3.63, 3.8) is 0 Å². The zero-order valence-electron chi connectivity index (χ0n) is 12.0. The summed E-state index contributed by atoms with van der Waals surface area (Å²) in [6.45, 7) is 8.45. The first kappa shape index (κ1) is 15.2. The maximum Gasteiger partial charge on any atom is 0.123 e. The van der Waals surface area contributed by atoms with E-state index in [0.29, 0.717) is 0 Å². The molecule has 1 aromatic rings. The van der Waals surface area contributed by atoms with Crippen LogP contribution in [-0.2, 0) is 6.42 Å². The first-order valence-corrected chi connectivity index (χ1v) is 7.11. The van der Waals surface area contributed by atoms with Gasteiger partial charge in [-0.1, -0.05) is 13.3 Å². The van der Waals surface area contributed by atoms with Gasteiger partial charge < -0.3 is 5.32 Å². The molecule has 0 aliphatic carbocycles. The molecule has 0 atom stereocenters. The van der Waals surface area contributed by atoms with E-state index < -0.39 is 0 Å². The monoisotopic (exact) mass is 251 g/mol. The number of rotatable bonds is 8. The molecule has 0 aromatic heterocycles. The number of hydrogen-bond acceptors (Lipinski definition) is 1. The first-order valence-electron chi connectivity index (χ1n) is 7.11. The summed E-state index contributed by atoms with van der Waals surface area (Å²) in [5, 5.41) is 3.41. The van der Waals surface area contributed by atoms with Crippen LogP contribution in [0.1, 0.15) is 49.3 Å². The fourth-order valence-electron chi connectivity index (χ4n) is 2.37. The van der Waals surface area contributed by atoms with Crippen LogP contribution >= 0.6 is 0 Å². The maximum atomic E-state index is 13.2. The van der Waals surface area contributed by atoms with Gasteiger partial charge in [0.2, 0.25) is 0 Å². The van der Waals surface area contributed by atoms with Crippen molar-refractivity contribution in [3.05, 3.63) is 34.6 Å². The molecule has 1 nitrogen and oxygen atoms in total. The largest absolute Gasteiger partial charge is 0.317 e. The minimum absolute atomic E-state index is 0.113. The summed E-state index contributed by atoms with van der Waals surface area (Å²) < 4.78 is 13.2. The number of aryl methyl sites for hydroxylation is 2. The van der Waals surface area contributed by atoms with Gasteiger partial charge in [-0.05, 0) is 81.4 Å². The van der Waals surface area contributed by atoms with E-state index in [0.717, 1.165) is 30.6 Å². The minimum Gasteiger partial charge on any atom is -0.317 e. The second-order valence-electron chi connectivity index (χ2n) is 5.08. The lowest BCUT2D eigenvalue weighted by Gasteiger charge is -2.10. The minimum atomic E-state index is -0.113. The lowest BCUT2D eigenvalue weighted by molar-refractivity contribution is 0.596. The molecule has 1 aromatic carbocycles. The molecular weight excluding hydrogens is 225 g/mol. The van der Waals surface area contributed by atoms with Crippen LogP contribution in [0.3, 0.4) is 0 Å². The third-order valence-electron chi connectivity index (χ3n) is 3.37. The highest BCUT2D eigenvalue weighted by Gasteiger charge is 2.04. The van der Waals surface area contributed by atoms with Crippen LogP contribution in [0.15, 0.2) is 12.1 Å². The predicted octanol–water partition coefficient (Wildman–Crippen LogP) is 4.15. The normalized spacial score (nSPS) is 10.9. The summed E-state index contributed by atoms with van der Waals surface area (Å²) in [4.78, 5) is 0. The second-order valence-corrected chi connectivity index (χ2v) is 5.08. The molecule has 0 unspecified atom stereocenters. The lowest BCUT2D eigenvalue weighted by atomic mass is 9.97. The van der Waals surface area contributed by atoms with Crippen LogP contribution < -0.4 is 5.32 Å². The van der Waals surface area contributed by atoms with Crippen molar-refractivity contribution in [3.8, 4) is 0 Å². The van der Waals surface area contributed by atoms with Gasteiger partial charge in [0.25, 0.3) is 0 Å². The predicted molar refractivity (Wildman–Crippen MR) is 76.6 cm³/mol. The molecule has 0 amide bonds. The molecule has 1 rings (SSSR count). The molecule has 0 radical (unpaired) electrons. The molecule has 0 saturated carbocycles. The van der Waals surface area contributed by atoms with Crippen molar-refractivity contribution < 1.29 is 4.39 Å². The quantitative estimate of drug-likeness (QED) is 0.684. The van der Waals surface area contributed by atoms with Crippen molar-refractivity contribution >= 4 is 0 Å². The highest BCUT2D eigenvalue weighted by Crippen LogP contribution is 2.18. The first-order chi connectivity index (χ1) is 8.65. The highest BCUT2D eigenvalue weighted by molar-refractivity contribution is 5.34. The van der Waals surface area contributed by atoms with Gasteiger partial charge >= 0.3 is 0 Å². The fraction of sp³-hybridized carbons (Fsp3) is 0.625. The van der Waals surface area contributed by atoms with Gasteiger partial charge in [0.1, 0.15) is 5.82 Å². The Morgan fingerprint density at radius 3 is 2.28 bits per heavy atom. The van der Waals surface area contributed by atoms with Gasteiger partial charge in [0, 0.05) is 0 Å². The summed E-state index contributed by atoms with van der Waals surface area (Å²) in [5.41, 5.74) is 3.52. The molecular formula is C16H26FN. The summed E-state index contributed by atoms with van der Waals surface area (Å²) >= 11 is 0. The second kappa shape index (κ2) is 8.25. The molecule has 0 heterocycles. The van der Waals surface area contributed by atoms with Crippen molar-refractivity contribution in [1.29, 1.82) is 0 Å². The van der Waals surface area contributed by atoms with Crippen LogP contribution in [0.2, 0.25) is 0 Å². The maximum absolute atomic E-state index is 13.2. The van der Waals surface area contributed by atoms with E-state index in [-0.39, 0.29) is 5.82 Å². The van der Waals surface area contributed by atoms with Crippen molar-refractivity contribution in [2.45, 2.75) is 52.9 Å². The molecule has 0 spiro atoms.